The van der Waals surface area contributed by atoms with Crippen LogP contribution in [0.4, 0.5) is 5.95 Å². The minimum absolute atomic E-state index is 0.180. The topological polar surface area (TPSA) is 86.2 Å². The maximum atomic E-state index is 10.6. The Hall–Kier alpha value is -2.59. The molecule has 0 amide bonds. The summed E-state index contributed by atoms with van der Waals surface area (Å²) in [6.07, 6.45) is 8.07. The van der Waals surface area contributed by atoms with Crippen molar-refractivity contribution in [3.8, 4) is 23.1 Å². The number of nitrogen functional groups attached to an aromatic ring is 1. The van der Waals surface area contributed by atoms with E-state index in [4.69, 9.17) is 22.1 Å². The second kappa shape index (κ2) is 7.59. The van der Waals surface area contributed by atoms with Crippen LogP contribution in [0, 0.1) is 11.8 Å². The third-order valence-electron chi connectivity index (χ3n) is 6.02. The molecule has 1 saturated heterocycles. The summed E-state index contributed by atoms with van der Waals surface area (Å²) in [6.45, 7) is 1.43. The Morgan fingerprint density at radius 2 is 2.13 bits per heavy atom. The molecule has 3 heterocycles. The first-order valence-corrected chi connectivity index (χ1v) is 10.7. The Morgan fingerprint density at radius 3 is 2.90 bits per heavy atom. The molecule has 0 spiro atoms. The van der Waals surface area contributed by atoms with E-state index in [0.29, 0.717) is 17.3 Å². The second-order valence-corrected chi connectivity index (χ2v) is 8.52. The van der Waals surface area contributed by atoms with Crippen molar-refractivity contribution in [1.82, 2.24) is 14.5 Å². The lowest BCUT2D eigenvalue weighted by Crippen LogP contribution is -2.20. The van der Waals surface area contributed by atoms with E-state index in [1.54, 1.807) is 0 Å². The van der Waals surface area contributed by atoms with Gasteiger partial charge in [0, 0.05) is 34.8 Å². The molecule has 1 aliphatic heterocycles. The average molecular weight is 423 g/mol. The number of hydrogen-bond acceptors (Lipinski definition) is 5. The van der Waals surface area contributed by atoms with E-state index < -0.39 is 5.60 Å². The van der Waals surface area contributed by atoms with Crippen molar-refractivity contribution in [2.45, 2.75) is 43.7 Å². The van der Waals surface area contributed by atoms with Crippen molar-refractivity contribution >= 4 is 28.5 Å². The molecule has 3 aromatic rings. The van der Waals surface area contributed by atoms with E-state index in [2.05, 4.69) is 38.6 Å². The van der Waals surface area contributed by atoms with Crippen LogP contribution in [0.2, 0.25) is 5.02 Å². The zero-order valence-corrected chi connectivity index (χ0v) is 17.3. The lowest BCUT2D eigenvalue weighted by Gasteiger charge is -2.13. The van der Waals surface area contributed by atoms with Gasteiger partial charge in [-0.1, -0.05) is 23.4 Å². The van der Waals surface area contributed by atoms with Gasteiger partial charge >= 0.3 is 0 Å². The number of fused-ring (bicyclic) bond motifs is 1. The third-order valence-corrected chi connectivity index (χ3v) is 6.30. The summed E-state index contributed by atoms with van der Waals surface area (Å²) in [7, 11) is 0. The van der Waals surface area contributed by atoms with Crippen LogP contribution in [0.15, 0.2) is 30.6 Å². The van der Waals surface area contributed by atoms with Crippen LogP contribution in [0.1, 0.15) is 43.7 Å². The third kappa shape index (κ3) is 3.54. The molecular formula is C23H23ClN4O2. The first-order valence-electron chi connectivity index (χ1n) is 10.3. The van der Waals surface area contributed by atoms with Crippen LogP contribution in [0.5, 0.6) is 0 Å². The Balaban J connectivity index is 1.65. The molecule has 2 aromatic heterocycles. The van der Waals surface area contributed by atoms with Crippen molar-refractivity contribution in [3.63, 3.8) is 0 Å². The molecule has 2 aliphatic rings. The summed E-state index contributed by atoms with van der Waals surface area (Å²) in [5, 5.41) is 12.0. The molecule has 1 unspecified atom stereocenters. The van der Waals surface area contributed by atoms with Gasteiger partial charge in [0.25, 0.3) is 0 Å². The number of anilines is 1. The molecule has 1 atom stereocenters. The van der Waals surface area contributed by atoms with Crippen LogP contribution in [-0.2, 0) is 4.74 Å². The fraction of sp³-hybridized carbons (Fsp3) is 0.391. The highest BCUT2D eigenvalue weighted by atomic mass is 35.5. The molecular weight excluding hydrogens is 400 g/mol. The van der Waals surface area contributed by atoms with E-state index in [9.17, 15) is 5.11 Å². The molecule has 2 fully saturated rings. The zero-order chi connectivity index (χ0) is 20.7. The van der Waals surface area contributed by atoms with E-state index in [1.165, 1.54) is 6.20 Å². The largest absolute Gasteiger partial charge is 0.379 e. The summed E-state index contributed by atoms with van der Waals surface area (Å²) in [6, 6.07) is 6.37. The molecule has 154 valence electrons. The first kappa shape index (κ1) is 19.4. The zero-order valence-electron chi connectivity index (χ0n) is 16.6. The Bertz CT molecular complexity index is 1170. The first-order chi connectivity index (χ1) is 14.5. The maximum Gasteiger partial charge on any atom is 0.220 e. The molecule has 6 nitrogen and oxygen atoms in total. The number of aliphatic hydroxyl groups is 1. The number of rotatable bonds is 2. The van der Waals surface area contributed by atoms with Gasteiger partial charge in [-0.05, 0) is 50.3 Å². The number of nitrogens with zero attached hydrogens (tertiary/aromatic N) is 3. The van der Waals surface area contributed by atoms with Gasteiger partial charge in [-0.15, -0.1) is 0 Å². The minimum Gasteiger partial charge on any atom is -0.379 e. The Kier molecular flexibility index (Phi) is 4.90. The van der Waals surface area contributed by atoms with Crippen molar-refractivity contribution in [3.05, 3.63) is 41.2 Å². The van der Waals surface area contributed by atoms with Crippen LogP contribution >= 0.6 is 11.6 Å². The molecule has 0 bridgehead atoms. The van der Waals surface area contributed by atoms with Gasteiger partial charge in [-0.25, -0.2) is 9.97 Å². The van der Waals surface area contributed by atoms with E-state index in [0.717, 1.165) is 60.7 Å². The van der Waals surface area contributed by atoms with Gasteiger partial charge in [0.1, 0.15) is 5.60 Å². The summed E-state index contributed by atoms with van der Waals surface area (Å²) in [5.41, 5.74) is 8.39. The smallest absolute Gasteiger partial charge is 0.220 e. The van der Waals surface area contributed by atoms with Gasteiger partial charge in [0.2, 0.25) is 5.95 Å². The van der Waals surface area contributed by atoms with Crippen molar-refractivity contribution in [2.75, 3.05) is 18.9 Å². The molecule has 1 aromatic carbocycles. The van der Waals surface area contributed by atoms with Crippen LogP contribution in [-0.4, -0.2) is 38.5 Å². The van der Waals surface area contributed by atoms with Gasteiger partial charge < -0.3 is 20.1 Å². The molecule has 30 heavy (non-hydrogen) atoms. The molecule has 0 radical (unpaired) electrons. The maximum absolute atomic E-state index is 10.6. The predicted molar refractivity (Wildman–Crippen MR) is 117 cm³/mol. The Morgan fingerprint density at radius 1 is 1.30 bits per heavy atom. The molecule has 1 aliphatic carbocycles. The number of benzene rings is 1. The quantitative estimate of drug-likeness (QED) is 0.610. The van der Waals surface area contributed by atoms with E-state index >= 15 is 0 Å². The summed E-state index contributed by atoms with van der Waals surface area (Å²) >= 11 is 6.43. The summed E-state index contributed by atoms with van der Waals surface area (Å²) < 4.78 is 7.84. The fourth-order valence-corrected chi connectivity index (χ4v) is 4.60. The minimum atomic E-state index is -0.866. The lowest BCUT2D eigenvalue weighted by molar-refractivity contribution is 0.110. The summed E-state index contributed by atoms with van der Waals surface area (Å²) in [5.74, 6) is 6.45. The predicted octanol–water partition coefficient (Wildman–Crippen LogP) is 3.95. The average Bonchev–Trinajstić information content (AvgIpc) is 3.48. The van der Waals surface area contributed by atoms with Gasteiger partial charge in [-0.3, -0.25) is 0 Å². The van der Waals surface area contributed by atoms with Crippen LogP contribution in [0.25, 0.3) is 22.2 Å². The molecule has 1 saturated carbocycles. The van der Waals surface area contributed by atoms with Crippen molar-refractivity contribution in [1.29, 1.82) is 0 Å². The second-order valence-electron chi connectivity index (χ2n) is 8.11. The number of ether oxygens (including phenoxy) is 1. The van der Waals surface area contributed by atoms with Gasteiger partial charge in [-0.2, -0.15) is 0 Å². The van der Waals surface area contributed by atoms with Crippen molar-refractivity contribution < 1.29 is 9.84 Å². The summed E-state index contributed by atoms with van der Waals surface area (Å²) in [4.78, 5) is 8.38. The number of aromatic nitrogens is 3. The van der Waals surface area contributed by atoms with Gasteiger partial charge in [0.15, 0.2) is 0 Å². The van der Waals surface area contributed by atoms with Gasteiger partial charge in [0.05, 0.1) is 29.6 Å². The highest BCUT2D eigenvalue weighted by Gasteiger charge is 2.28. The van der Waals surface area contributed by atoms with Crippen LogP contribution < -0.4 is 5.73 Å². The normalized spacial score (nSPS) is 20.4. The van der Waals surface area contributed by atoms with E-state index in [-0.39, 0.29) is 12.0 Å². The number of nitrogens with two attached hydrogens (primary N) is 1. The Labute approximate surface area is 180 Å². The highest BCUT2D eigenvalue weighted by Crippen LogP contribution is 2.37. The monoisotopic (exact) mass is 422 g/mol. The van der Waals surface area contributed by atoms with E-state index in [1.807, 2.05) is 12.1 Å². The van der Waals surface area contributed by atoms with Crippen LogP contribution in [0.3, 0.4) is 0 Å². The highest BCUT2D eigenvalue weighted by molar-refractivity contribution is 6.33. The standard InChI is InChI=1S/C23H23ClN4O2/c24-19-12-26-22(25)27-21(19)18-13-28(16-6-10-30-14-16)20-4-3-15(11-17(18)20)5-9-23(29)7-1-2-8-23/h3-4,11-13,16,29H,1-2,6-8,10,14H2,(H2,25,26,27). The number of hydrogen-bond donors (Lipinski definition) is 2. The fourth-order valence-electron chi connectivity index (χ4n) is 4.41. The molecule has 3 N–H and O–H groups in total. The molecule has 5 rings (SSSR count). The number of halogens is 1. The van der Waals surface area contributed by atoms with Crippen molar-refractivity contribution in [2.24, 2.45) is 0 Å². The lowest BCUT2D eigenvalue weighted by atomic mass is 10.0. The molecule has 7 heteroatoms. The SMILES string of the molecule is Nc1ncc(Cl)c(-c2cn(C3CCOC3)c3ccc(C#CC4(O)CCCC4)cc23)n1.